The molecule has 0 bridgehead atoms. The van der Waals surface area contributed by atoms with Crippen molar-refractivity contribution in [2.45, 2.75) is 39.3 Å². The van der Waals surface area contributed by atoms with E-state index < -0.39 is 16.6 Å². The lowest BCUT2D eigenvalue weighted by atomic mass is 10.1. The molecule has 0 spiro atoms. The lowest BCUT2D eigenvalue weighted by Gasteiger charge is -2.24. The molecule has 10 nitrogen and oxygen atoms in total. The largest absolute Gasteiger partial charge is 0.445 e. The van der Waals surface area contributed by atoms with Crippen molar-refractivity contribution in [3.8, 4) is 0 Å². The number of carbonyl (C=O) groups is 2. The topological polar surface area (TPSA) is 126 Å². The van der Waals surface area contributed by atoms with E-state index in [1.165, 1.54) is 0 Å². The van der Waals surface area contributed by atoms with Crippen molar-refractivity contribution in [3.63, 3.8) is 0 Å². The first-order valence-electron chi connectivity index (χ1n) is 11.0. The number of carbonyl (C=O) groups excluding carboxylic acids is 2. The summed E-state index contributed by atoms with van der Waals surface area (Å²) in [5.74, 6) is -0.229. The average molecular weight is 472 g/mol. The molecule has 0 aromatic heterocycles. The van der Waals surface area contributed by atoms with Crippen LogP contribution < -0.4 is 20.9 Å². The molecule has 2 amide bonds. The van der Waals surface area contributed by atoms with E-state index in [9.17, 15) is 19.7 Å². The minimum atomic E-state index is -0.521. The van der Waals surface area contributed by atoms with Crippen LogP contribution in [-0.4, -0.2) is 49.1 Å². The Morgan fingerprint density at radius 2 is 1.76 bits per heavy atom. The first-order chi connectivity index (χ1) is 16.1. The second-order valence-corrected chi connectivity index (χ2v) is 8.85. The molecule has 0 fully saturated rings. The van der Waals surface area contributed by atoms with E-state index in [1.54, 1.807) is 30.1 Å². The van der Waals surface area contributed by atoms with Crippen LogP contribution in [0.15, 0.2) is 48.5 Å². The standard InChI is InChI=1S/C24H33N5O5/c1-24(2,3)27-21(30)16-28(4)20-13-8-12-19(22(20)29(32)33)25-14-9-15-26-23(31)34-17-18-10-6-5-7-11-18/h5-8,10-13,25H,9,14-17H2,1-4H3,(H,26,31)(H,27,30). The van der Waals surface area contributed by atoms with Gasteiger partial charge in [0.25, 0.3) is 0 Å². The number of nitro groups is 1. The Bertz CT molecular complexity index is 975. The number of ether oxygens (including phenoxy) is 1. The van der Waals surface area contributed by atoms with Crippen LogP contribution in [0.5, 0.6) is 0 Å². The molecule has 0 radical (unpaired) electrons. The lowest BCUT2D eigenvalue weighted by Crippen LogP contribution is -2.45. The Hall–Kier alpha value is -3.82. The quantitative estimate of drug-likeness (QED) is 0.259. The van der Waals surface area contributed by atoms with Gasteiger partial charge in [-0.05, 0) is 44.9 Å². The number of hydrogen-bond acceptors (Lipinski definition) is 7. The summed E-state index contributed by atoms with van der Waals surface area (Å²) in [6.07, 6.45) is 0.0121. The number of alkyl carbamates (subject to hydrolysis) is 1. The monoisotopic (exact) mass is 471 g/mol. The molecule has 184 valence electrons. The second-order valence-electron chi connectivity index (χ2n) is 8.85. The van der Waals surface area contributed by atoms with Gasteiger partial charge in [0.1, 0.15) is 18.0 Å². The molecule has 34 heavy (non-hydrogen) atoms. The average Bonchev–Trinajstić information content (AvgIpc) is 2.76. The van der Waals surface area contributed by atoms with Crippen molar-refractivity contribution >= 4 is 29.1 Å². The number of benzene rings is 2. The predicted molar refractivity (Wildman–Crippen MR) is 132 cm³/mol. The van der Waals surface area contributed by atoms with Gasteiger partial charge in [0.2, 0.25) is 5.91 Å². The molecule has 0 aliphatic carbocycles. The summed E-state index contributed by atoms with van der Waals surface area (Å²) in [5, 5.41) is 20.4. The van der Waals surface area contributed by atoms with Crippen molar-refractivity contribution in [2.75, 3.05) is 36.9 Å². The maximum Gasteiger partial charge on any atom is 0.407 e. The Balaban J connectivity index is 1.86. The predicted octanol–water partition coefficient (Wildman–Crippen LogP) is 3.67. The Labute approximate surface area is 199 Å². The number of amides is 2. The van der Waals surface area contributed by atoms with Gasteiger partial charge < -0.3 is 25.6 Å². The molecule has 0 unspecified atom stereocenters. The minimum Gasteiger partial charge on any atom is -0.445 e. The molecule has 0 atom stereocenters. The zero-order valence-electron chi connectivity index (χ0n) is 20.1. The summed E-state index contributed by atoms with van der Waals surface area (Å²) in [5.41, 5.74) is 1.07. The number of nitro benzene ring substituents is 1. The molecular weight excluding hydrogens is 438 g/mol. The summed E-state index contributed by atoms with van der Waals surface area (Å²) in [6.45, 7) is 6.53. The van der Waals surface area contributed by atoms with E-state index in [-0.39, 0.29) is 24.7 Å². The first-order valence-corrected chi connectivity index (χ1v) is 11.0. The first kappa shape index (κ1) is 26.4. The third kappa shape index (κ3) is 8.97. The van der Waals surface area contributed by atoms with Gasteiger partial charge in [-0.1, -0.05) is 36.4 Å². The van der Waals surface area contributed by atoms with Crippen LogP contribution in [0.25, 0.3) is 0 Å². The molecule has 0 aliphatic rings. The number of nitrogens with one attached hydrogen (secondary N) is 3. The number of likely N-dealkylation sites (N-methyl/N-ethyl adjacent to an activating group) is 1. The van der Waals surface area contributed by atoms with E-state index in [1.807, 2.05) is 51.1 Å². The van der Waals surface area contributed by atoms with E-state index >= 15 is 0 Å². The van der Waals surface area contributed by atoms with Gasteiger partial charge in [0.05, 0.1) is 11.5 Å². The zero-order chi connectivity index (χ0) is 25.1. The maximum absolute atomic E-state index is 12.3. The minimum absolute atomic E-state index is 0.0173. The fraction of sp³-hybridized carbons (Fsp3) is 0.417. The fourth-order valence-corrected chi connectivity index (χ4v) is 3.21. The summed E-state index contributed by atoms with van der Waals surface area (Å²) in [6, 6.07) is 14.3. The van der Waals surface area contributed by atoms with Crippen LogP contribution in [-0.2, 0) is 16.1 Å². The molecule has 0 heterocycles. The van der Waals surface area contributed by atoms with Crippen molar-refractivity contribution < 1.29 is 19.2 Å². The van der Waals surface area contributed by atoms with Crippen LogP contribution >= 0.6 is 0 Å². The summed E-state index contributed by atoms with van der Waals surface area (Å²) in [4.78, 5) is 36.9. The molecule has 0 saturated heterocycles. The van der Waals surface area contributed by atoms with Crippen molar-refractivity contribution in [1.29, 1.82) is 0 Å². The van der Waals surface area contributed by atoms with Gasteiger partial charge in [-0.2, -0.15) is 0 Å². The van der Waals surface area contributed by atoms with Crippen LogP contribution in [0.2, 0.25) is 0 Å². The van der Waals surface area contributed by atoms with Crippen molar-refractivity contribution in [3.05, 3.63) is 64.2 Å². The fourth-order valence-electron chi connectivity index (χ4n) is 3.21. The lowest BCUT2D eigenvalue weighted by molar-refractivity contribution is -0.383. The van der Waals surface area contributed by atoms with Crippen molar-refractivity contribution in [1.82, 2.24) is 10.6 Å². The number of anilines is 2. The maximum atomic E-state index is 12.3. The highest BCUT2D eigenvalue weighted by atomic mass is 16.6. The molecule has 2 aromatic rings. The van der Waals surface area contributed by atoms with Crippen LogP contribution in [0.1, 0.15) is 32.8 Å². The van der Waals surface area contributed by atoms with Crippen LogP contribution in [0, 0.1) is 10.1 Å². The van der Waals surface area contributed by atoms with E-state index in [2.05, 4.69) is 16.0 Å². The van der Waals surface area contributed by atoms with Crippen LogP contribution in [0.3, 0.4) is 0 Å². The highest BCUT2D eigenvalue weighted by Crippen LogP contribution is 2.34. The molecular formula is C24H33N5O5. The number of nitrogens with zero attached hydrogens (tertiary/aromatic N) is 2. The third-order valence-corrected chi connectivity index (χ3v) is 4.65. The van der Waals surface area contributed by atoms with Crippen LogP contribution in [0.4, 0.5) is 21.9 Å². The molecule has 10 heteroatoms. The van der Waals surface area contributed by atoms with Gasteiger partial charge in [-0.15, -0.1) is 0 Å². The highest BCUT2D eigenvalue weighted by Gasteiger charge is 2.24. The Morgan fingerprint density at radius 3 is 2.41 bits per heavy atom. The SMILES string of the molecule is CN(CC(=O)NC(C)(C)C)c1cccc(NCCCNC(=O)OCc2ccccc2)c1[N+](=O)[O-]. The van der Waals surface area contributed by atoms with E-state index in [0.29, 0.717) is 30.9 Å². The third-order valence-electron chi connectivity index (χ3n) is 4.65. The molecule has 0 aliphatic heterocycles. The Kier molecular flexibility index (Phi) is 9.66. The molecule has 2 aromatic carbocycles. The van der Waals surface area contributed by atoms with Crippen molar-refractivity contribution in [2.24, 2.45) is 0 Å². The molecule has 0 saturated carbocycles. The van der Waals surface area contributed by atoms with Gasteiger partial charge in [0.15, 0.2) is 0 Å². The molecule has 2 rings (SSSR count). The number of hydrogen-bond donors (Lipinski definition) is 3. The second kappa shape index (κ2) is 12.4. The summed E-state index contributed by atoms with van der Waals surface area (Å²) in [7, 11) is 1.64. The molecule has 3 N–H and O–H groups in total. The van der Waals surface area contributed by atoms with Gasteiger partial charge >= 0.3 is 11.8 Å². The normalized spacial score (nSPS) is 10.8. The zero-order valence-corrected chi connectivity index (χ0v) is 20.1. The van der Waals surface area contributed by atoms with Gasteiger partial charge in [-0.25, -0.2) is 4.79 Å². The summed E-state index contributed by atoms with van der Waals surface area (Å²) < 4.78 is 5.15. The van der Waals surface area contributed by atoms with Gasteiger partial charge in [0, 0.05) is 25.7 Å². The summed E-state index contributed by atoms with van der Waals surface area (Å²) >= 11 is 0. The Morgan fingerprint density at radius 1 is 1.06 bits per heavy atom. The highest BCUT2D eigenvalue weighted by molar-refractivity contribution is 5.85. The smallest absolute Gasteiger partial charge is 0.407 e. The number of para-hydroxylation sites is 1. The van der Waals surface area contributed by atoms with E-state index in [4.69, 9.17) is 4.74 Å². The number of rotatable bonds is 11. The van der Waals surface area contributed by atoms with E-state index in [0.717, 1.165) is 5.56 Å². The van der Waals surface area contributed by atoms with Gasteiger partial charge in [-0.3, -0.25) is 14.9 Å².